The molecular formula is C19H16N4O3. The molecule has 2 heterocycles. The highest BCUT2D eigenvalue weighted by Gasteiger charge is 2.02. The van der Waals surface area contributed by atoms with E-state index in [4.69, 9.17) is 4.74 Å². The molecule has 7 heteroatoms. The summed E-state index contributed by atoms with van der Waals surface area (Å²) in [6.07, 6.45) is 3.58. The molecular weight excluding hydrogens is 332 g/mol. The number of carbonyl (C=O) groups excluding carboxylic acids is 1. The second-order valence-corrected chi connectivity index (χ2v) is 5.35. The maximum Gasteiger partial charge on any atom is 0.311 e. The molecule has 2 aromatic carbocycles. The van der Waals surface area contributed by atoms with Crippen molar-refractivity contribution < 1.29 is 9.53 Å². The Labute approximate surface area is 148 Å². The van der Waals surface area contributed by atoms with Gasteiger partial charge in [0.1, 0.15) is 17.9 Å². The Morgan fingerprint density at radius 1 is 1.08 bits per heavy atom. The van der Waals surface area contributed by atoms with Gasteiger partial charge in [0.2, 0.25) is 0 Å². The number of H-pyrrole nitrogens is 2. The highest BCUT2D eigenvalue weighted by Crippen LogP contribution is 2.15. The van der Waals surface area contributed by atoms with Crippen LogP contribution in [-0.2, 0) is 0 Å². The van der Waals surface area contributed by atoms with Crippen molar-refractivity contribution in [1.82, 2.24) is 19.9 Å². The van der Waals surface area contributed by atoms with Gasteiger partial charge in [-0.15, -0.1) is 0 Å². The van der Waals surface area contributed by atoms with Crippen LogP contribution in [0.1, 0.15) is 16.2 Å². The Balaban J connectivity index is 0.000000167. The lowest BCUT2D eigenvalue weighted by molar-refractivity contribution is 0.112. The maximum atomic E-state index is 11.2. The average molecular weight is 348 g/mol. The van der Waals surface area contributed by atoms with Gasteiger partial charge in [-0.25, -0.2) is 9.97 Å². The lowest BCUT2D eigenvalue weighted by Gasteiger charge is -2.02. The molecule has 0 unspecified atom stereocenters. The Morgan fingerprint density at radius 2 is 1.85 bits per heavy atom. The van der Waals surface area contributed by atoms with Crippen molar-refractivity contribution in [3.63, 3.8) is 0 Å². The molecule has 0 bridgehead atoms. The molecule has 0 aliphatic rings. The number of nitrogens with zero attached hydrogens (tertiary/aromatic N) is 2. The number of hydrogen-bond acceptors (Lipinski definition) is 5. The molecule has 0 atom stereocenters. The number of aldehydes is 1. The van der Waals surface area contributed by atoms with Crippen LogP contribution in [0.5, 0.6) is 11.6 Å². The zero-order valence-electron chi connectivity index (χ0n) is 14.0. The summed E-state index contributed by atoms with van der Waals surface area (Å²) >= 11 is 0. The molecule has 4 aromatic rings. The number of benzene rings is 2. The van der Waals surface area contributed by atoms with Crippen LogP contribution in [0.4, 0.5) is 0 Å². The van der Waals surface area contributed by atoms with E-state index in [0.29, 0.717) is 11.3 Å². The molecule has 0 radical (unpaired) electrons. The summed E-state index contributed by atoms with van der Waals surface area (Å²) in [6.45, 7) is 1.96. The molecule has 0 fully saturated rings. The third-order valence-electron chi connectivity index (χ3n) is 3.41. The van der Waals surface area contributed by atoms with Gasteiger partial charge in [-0.1, -0.05) is 12.1 Å². The average Bonchev–Trinajstić information content (AvgIpc) is 3.05. The van der Waals surface area contributed by atoms with E-state index >= 15 is 0 Å². The number of carbonyl (C=O) groups is 1. The van der Waals surface area contributed by atoms with E-state index in [1.54, 1.807) is 24.3 Å². The van der Waals surface area contributed by atoms with Crippen LogP contribution in [0.15, 0.2) is 65.7 Å². The summed E-state index contributed by atoms with van der Waals surface area (Å²) in [5.74, 6) is 1.40. The topological polar surface area (TPSA) is 101 Å². The van der Waals surface area contributed by atoms with Crippen LogP contribution in [0.25, 0.3) is 11.0 Å². The number of ether oxygens (including phenoxy) is 1. The number of rotatable bonds is 3. The molecule has 0 aliphatic heterocycles. The van der Waals surface area contributed by atoms with E-state index in [1.165, 1.54) is 12.4 Å². The van der Waals surface area contributed by atoms with Crippen molar-refractivity contribution in [2.24, 2.45) is 0 Å². The van der Waals surface area contributed by atoms with Crippen LogP contribution in [-0.4, -0.2) is 26.2 Å². The van der Waals surface area contributed by atoms with Gasteiger partial charge in [0.15, 0.2) is 0 Å². The van der Waals surface area contributed by atoms with Gasteiger partial charge in [0.25, 0.3) is 5.88 Å². The van der Waals surface area contributed by atoms with Gasteiger partial charge in [-0.2, -0.15) is 0 Å². The molecule has 0 saturated heterocycles. The Morgan fingerprint density at radius 3 is 2.54 bits per heavy atom. The van der Waals surface area contributed by atoms with E-state index < -0.39 is 5.56 Å². The quantitative estimate of drug-likeness (QED) is 0.554. The standard InChI is InChI=1S/C11H8N2O3.C8H8N2/c14-7-8-1-3-9(4-2-8)16-11-10(15)12-5-6-13-11;1-6-9-7-4-2-3-5-8(7)10-6/h1-7H,(H,12,15);2-5H,1H3,(H,9,10). The minimum absolute atomic E-state index is 0.0265. The first-order chi connectivity index (χ1) is 12.7. The van der Waals surface area contributed by atoms with Crippen molar-refractivity contribution in [2.45, 2.75) is 6.92 Å². The van der Waals surface area contributed by atoms with Gasteiger partial charge in [-0.3, -0.25) is 9.59 Å². The zero-order valence-corrected chi connectivity index (χ0v) is 14.0. The first kappa shape index (κ1) is 17.1. The number of nitrogens with one attached hydrogen (secondary N) is 2. The number of aromatic amines is 2. The predicted molar refractivity (Wildman–Crippen MR) is 97.6 cm³/mol. The zero-order chi connectivity index (χ0) is 18.4. The maximum absolute atomic E-state index is 11.2. The Kier molecular flexibility index (Phi) is 5.19. The minimum Gasteiger partial charge on any atom is -0.435 e. The van der Waals surface area contributed by atoms with Gasteiger partial charge in [0, 0.05) is 18.0 Å². The molecule has 2 N–H and O–H groups in total. The lowest BCUT2D eigenvalue weighted by atomic mass is 10.2. The van der Waals surface area contributed by atoms with E-state index in [9.17, 15) is 9.59 Å². The first-order valence-corrected chi connectivity index (χ1v) is 7.84. The van der Waals surface area contributed by atoms with E-state index in [0.717, 1.165) is 23.1 Å². The van der Waals surface area contributed by atoms with Crippen LogP contribution >= 0.6 is 0 Å². The van der Waals surface area contributed by atoms with Crippen LogP contribution in [0.3, 0.4) is 0 Å². The Hall–Kier alpha value is -3.74. The smallest absolute Gasteiger partial charge is 0.311 e. The van der Waals surface area contributed by atoms with Crippen molar-refractivity contribution >= 4 is 17.3 Å². The summed E-state index contributed by atoms with van der Waals surface area (Å²) in [7, 11) is 0. The van der Waals surface area contributed by atoms with Crippen molar-refractivity contribution in [3.8, 4) is 11.6 Å². The summed E-state index contributed by atoms with van der Waals surface area (Å²) in [4.78, 5) is 35.3. The van der Waals surface area contributed by atoms with Gasteiger partial charge in [0.05, 0.1) is 11.0 Å². The normalized spacial score (nSPS) is 10.0. The molecule has 26 heavy (non-hydrogen) atoms. The molecule has 130 valence electrons. The Bertz CT molecular complexity index is 1030. The van der Waals surface area contributed by atoms with Crippen molar-refractivity contribution in [3.05, 3.63) is 82.7 Å². The summed E-state index contributed by atoms with van der Waals surface area (Å²) in [5.41, 5.74) is 2.30. The summed E-state index contributed by atoms with van der Waals surface area (Å²) in [5, 5.41) is 0. The summed E-state index contributed by atoms with van der Waals surface area (Å²) in [6, 6.07) is 14.4. The predicted octanol–water partition coefficient (Wildman–Crippen LogP) is 3.25. The van der Waals surface area contributed by atoms with Gasteiger partial charge >= 0.3 is 5.56 Å². The second kappa shape index (κ2) is 7.89. The van der Waals surface area contributed by atoms with Crippen LogP contribution in [0, 0.1) is 6.92 Å². The largest absolute Gasteiger partial charge is 0.435 e. The van der Waals surface area contributed by atoms with Crippen LogP contribution < -0.4 is 10.3 Å². The third kappa shape index (κ3) is 4.21. The van der Waals surface area contributed by atoms with E-state index in [2.05, 4.69) is 19.9 Å². The highest BCUT2D eigenvalue weighted by atomic mass is 16.5. The number of aromatic nitrogens is 4. The minimum atomic E-state index is -0.401. The SMILES string of the molecule is Cc1nc2ccccc2[nH]1.O=Cc1ccc(Oc2ncc[nH]c2=O)cc1. The molecule has 2 aromatic heterocycles. The number of para-hydroxylation sites is 2. The number of hydrogen-bond donors (Lipinski definition) is 2. The number of fused-ring (bicyclic) bond motifs is 1. The van der Waals surface area contributed by atoms with Gasteiger partial charge < -0.3 is 14.7 Å². The monoisotopic (exact) mass is 348 g/mol. The number of imidazole rings is 1. The van der Waals surface area contributed by atoms with Crippen molar-refractivity contribution in [1.29, 1.82) is 0 Å². The van der Waals surface area contributed by atoms with Gasteiger partial charge in [-0.05, 0) is 43.3 Å². The fourth-order valence-electron chi connectivity index (χ4n) is 2.22. The molecule has 0 aliphatic carbocycles. The fourth-order valence-corrected chi connectivity index (χ4v) is 2.22. The molecule has 0 saturated carbocycles. The van der Waals surface area contributed by atoms with E-state index in [-0.39, 0.29) is 5.88 Å². The molecule has 7 nitrogen and oxygen atoms in total. The van der Waals surface area contributed by atoms with E-state index in [1.807, 2.05) is 31.2 Å². The third-order valence-corrected chi connectivity index (χ3v) is 3.41. The molecule has 4 rings (SSSR count). The molecule has 0 spiro atoms. The fraction of sp³-hybridized carbons (Fsp3) is 0.0526. The lowest BCUT2D eigenvalue weighted by Crippen LogP contribution is -2.09. The molecule has 0 amide bonds. The number of aryl methyl sites for hydroxylation is 1. The summed E-state index contributed by atoms with van der Waals surface area (Å²) < 4.78 is 5.24. The van der Waals surface area contributed by atoms with Crippen molar-refractivity contribution in [2.75, 3.05) is 0 Å². The van der Waals surface area contributed by atoms with Crippen LogP contribution in [0.2, 0.25) is 0 Å². The highest BCUT2D eigenvalue weighted by molar-refractivity contribution is 5.75. The second-order valence-electron chi connectivity index (χ2n) is 5.35. The first-order valence-electron chi connectivity index (χ1n) is 7.84.